The highest BCUT2D eigenvalue weighted by Gasteiger charge is 2.25. The fraction of sp³-hybridized carbons (Fsp3) is 1.00. The van der Waals surface area contributed by atoms with E-state index in [1.165, 1.54) is 0 Å². The second-order valence-corrected chi connectivity index (χ2v) is 3.76. The van der Waals surface area contributed by atoms with Crippen LogP contribution in [-0.2, 0) is 4.74 Å². The first kappa shape index (κ1) is 14.7. The van der Waals surface area contributed by atoms with E-state index in [2.05, 4.69) is 19.2 Å². The smallest absolute Gasteiger partial charge is 0.380 e. The lowest BCUT2D eigenvalue weighted by molar-refractivity contribution is -0.125. The molecular weight excluding hydrogens is 207 g/mol. The van der Waals surface area contributed by atoms with E-state index in [9.17, 15) is 13.2 Å². The lowest BCUT2D eigenvalue weighted by atomic mass is 10.1. The van der Waals surface area contributed by atoms with E-state index in [-0.39, 0.29) is 6.54 Å². The number of rotatable bonds is 8. The summed E-state index contributed by atoms with van der Waals surface area (Å²) in [7, 11) is 0. The molecule has 1 atom stereocenters. The lowest BCUT2D eigenvalue weighted by Gasteiger charge is -2.11. The highest BCUT2D eigenvalue weighted by Crippen LogP contribution is 2.11. The summed E-state index contributed by atoms with van der Waals surface area (Å²) in [4.78, 5) is 0. The van der Waals surface area contributed by atoms with Crippen LogP contribution in [-0.4, -0.2) is 32.5 Å². The molecule has 2 nitrogen and oxygen atoms in total. The SMILES string of the molecule is CCCC(C)COCCNCC(F)(F)F. The molecule has 0 aromatic heterocycles. The molecule has 0 aromatic rings. The van der Waals surface area contributed by atoms with Crippen molar-refractivity contribution in [1.82, 2.24) is 5.32 Å². The largest absolute Gasteiger partial charge is 0.401 e. The Balaban J connectivity index is 3.18. The molecule has 0 aliphatic carbocycles. The molecule has 0 aliphatic heterocycles. The number of ether oxygens (including phenoxy) is 1. The summed E-state index contributed by atoms with van der Waals surface area (Å²) >= 11 is 0. The van der Waals surface area contributed by atoms with Crippen molar-refractivity contribution in [2.24, 2.45) is 5.92 Å². The van der Waals surface area contributed by atoms with Gasteiger partial charge < -0.3 is 10.1 Å². The Morgan fingerprint density at radius 1 is 1.33 bits per heavy atom. The van der Waals surface area contributed by atoms with Crippen LogP contribution in [0.4, 0.5) is 13.2 Å². The third kappa shape index (κ3) is 11.6. The van der Waals surface area contributed by atoms with Crippen LogP contribution in [0.15, 0.2) is 0 Å². The molecule has 15 heavy (non-hydrogen) atoms. The monoisotopic (exact) mass is 227 g/mol. The summed E-state index contributed by atoms with van der Waals surface area (Å²) < 4.78 is 40.3. The second kappa shape index (κ2) is 7.93. The maximum atomic E-state index is 11.7. The lowest BCUT2D eigenvalue weighted by Crippen LogP contribution is -2.31. The van der Waals surface area contributed by atoms with Crippen molar-refractivity contribution in [2.45, 2.75) is 32.9 Å². The van der Waals surface area contributed by atoms with E-state index >= 15 is 0 Å². The van der Waals surface area contributed by atoms with Gasteiger partial charge in [-0.15, -0.1) is 0 Å². The first-order valence-corrected chi connectivity index (χ1v) is 5.31. The van der Waals surface area contributed by atoms with Gasteiger partial charge in [-0.2, -0.15) is 13.2 Å². The minimum absolute atomic E-state index is 0.248. The molecule has 0 heterocycles. The first-order valence-electron chi connectivity index (χ1n) is 5.31. The summed E-state index contributed by atoms with van der Waals surface area (Å²) in [6.45, 7) is 4.44. The van der Waals surface area contributed by atoms with E-state index < -0.39 is 12.7 Å². The van der Waals surface area contributed by atoms with Gasteiger partial charge in [0.05, 0.1) is 13.2 Å². The summed E-state index contributed by atoms with van der Waals surface area (Å²) in [5.74, 6) is 0.484. The minimum atomic E-state index is -4.13. The van der Waals surface area contributed by atoms with Crippen molar-refractivity contribution < 1.29 is 17.9 Å². The molecule has 0 rings (SSSR count). The molecule has 5 heteroatoms. The molecule has 0 radical (unpaired) electrons. The molecular formula is C10H20F3NO. The number of alkyl halides is 3. The fourth-order valence-electron chi connectivity index (χ4n) is 1.24. The minimum Gasteiger partial charge on any atom is -0.380 e. The standard InChI is InChI=1S/C10H20F3NO/c1-3-4-9(2)7-15-6-5-14-8-10(11,12)13/h9,14H,3-8H2,1-2H3. The van der Waals surface area contributed by atoms with Crippen molar-refractivity contribution >= 4 is 0 Å². The quantitative estimate of drug-likeness (QED) is 0.643. The van der Waals surface area contributed by atoms with E-state index in [0.29, 0.717) is 19.1 Å². The maximum Gasteiger partial charge on any atom is 0.401 e. The molecule has 0 aromatic carbocycles. The summed E-state index contributed by atoms with van der Waals surface area (Å²) in [5, 5.41) is 2.28. The molecule has 1 unspecified atom stereocenters. The Morgan fingerprint density at radius 2 is 2.00 bits per heavy atom. The van der Waals surface area contributed by atoms with Gasteiger partial charge in [0, 0.05) is 13.2 Å². The van der Waals surface area contributed by atoms with Crippen LogP contribution < -0.4 is 5.32 Å². The fourth-order valence-corrected chi connectivity index (χ4v) is 1.24. The molecule has 1 N–H and O–H groups in total. The summed E-state index contributed by atoms with van der Waals surface area (Å²) in [6, 6.07) is 0. The van der Waals surface area contributed by atoms with Crippen LogP contribution in [0.25, 0.3) is 0 Å². The van der Waals surface area contributed by atoms with E-state index in [0.717, 1.165) is 12.8 Å². The van der Waals surface area contributed by atoms with Crippen molar-refractivity contribution in [3.05, 3.63) is 0 Å². The van der Waals surface area contributed by atoms with Gasteiger partial charge in [-0.3, -0.25) is 0 Å². The van der Waals surface area contributed by atoms with E-state index in [1.807, 2.05) is 0 Å². The zero-order chi connectivity index (χ0) is 11.7. The Morgan fingerprint density at radius 3 is 2.53 bits per heavy atom. The Bertz CT molecular complexity index is 150. The predicted octanol–water partition coefficient (Wildman–Crippen LogP) is 2.59. The van der Waals surface area contributed by atoms with Crippen molar-refractivity contribution in [1.29, 1.82) is 0 Å². The second-order valence-electron chi connectivity index (χ2n) is 3.76. The molecule has 0 amide bonds. The third-order valence-corrected chi connectivity index (χ3v) is 1.93. The van der Waals surface area contributed by atoms with Crippen molar-refractivity contribution in [2.75, 3.05) is 26.3 Å². The topological polar surface area (TPSA) is 21.3 Å². The molecule has 0 spiro atoms. The zero-order valence-corrected chi connectivity index (χ0v) is 9.36. The normalized spacial score (nSPS) is 14.2. The molecule has 0 saturated heterocycles. The van der Waals surface area contributed by atoms with Crippen LogP contribution in [0.2, 0.25) is 0 Å². The van der Waals surface area contributed by atoms with Crippen LogP contribution in [0.3, 0.4) is 0 Å². The average Bonchev–Trinajstić information content (AvgIpc) is 2.09. The van der Waals surface area contributed by atoms with E-state index in [1.54, 1.807) is 0 Å². The van der Waals surface area contributed by atoms with Gasteiger partial charge in [-0.25, -0.2) is 0 Å². The van der Waals surface area contributed by atoms with Gasteiger partial charge in [0.15, 0.2) is 0 Å². The van der Waals surface area contributed by atoms with E-state index in [4.69, 9.17) is 4.74 Å². The van der Waals surface area contributed by atoms with Crippen molar-refractivity contribution in [3.8, 4) is 0 Å². The van der Waals surface area contributed by atoms with Gasteiger partial charge in [-0.1, -0.05) is 20.3 Å². The van der Waals surface area contributed by atoms with Gasteiger partial charge >= 0.3 is 6.18 Å². The molecule has 92 valence electrons. The molecule has 0 fully saturated rings. The number of hydrogen-bond donors (Lipinski definition) is 1. The van der Waals surface area contributed by atoms with Crippen LogP contribution >= 0.6 is 0 Å². The predicted molar refractivity (Wildman–Crippen MR) is 53.8 cm³/mol. The van der Waals surface area contributed by atoms with Crippen LogP contribution in [0.5, 0.6) is 0 Å². The first-order chi connectivity index (χ1) is 6.95. The van der Waals surface area contributed by atoms with Gasteiger partial charge in [0.2, 0.25) is 0 Å². The summed E-state index contributed by atoms with van der Waals surface area (Å²) in [6.07, 6.45) is -1.93. The van der Waals surface area contributed by atoms with Crippen LogP contribution in [0, 0.1) is 5.92 Å². The zero-order valence-electron chi connectivity index (χ0n) is 9.36. The average molecular weight is 227 g/mol. The molecule has 0 aliphatic rings. The van der Waals surface area contributed by atoms with Crippen molar-refractivity contribution in [3.63, 3.8) is 0 Å². The highest BCUT2D eigenvalue weighted by atomic mass is 19.4. The van der Waals surface area contributed by atoms with Crippen LogP contribution in [0.1, 0.15) is 26.7 Å². The van der Waals surface area contributed by atoms with Gasteiger partial charge in [0.25, 0.3) is 0 Å². The van der Waals surface area contributed by atoms with Gasteiger partial charge in [-0.05, 0) is 12.3 Å². The number of nitrogens with one attached hydrogen (secondary N) is 1. The Kier molecular flexibility index (Phi) is 7.78. The Hall–Kier alpha value is -0.290. The maximum absolute atomic E-state index is 11.7. The number of halogens is 3. The number of hydrogen-bond acceptors (Lipinski definition) is 2. The summed E-state index contributed by atoms with van der Waals surface area (Å²) in [5.41, 5.74) is 0. The molecule has 0 bridgehead atoms. The highest BCUT2D eigenvalue weighted by molar-refractivity contribution is 4.55. The van der Waals surface area contributed by atoms with Gasteiger partial charge in [0.1, 0.15) is 0 Å². The molecule has 0 saturated carbocycles. The Labute approximate surface area is 89.2 Å². The third-order valence-electron chi connectivity index (χ3n) is 1.93.